The quantitative estimate of drug-likeness (QED) is 0.405. The van der Waals surface area contributed by atoms with E-state index < -0.39 is 5.91 Å². The van der Waals surface area contributed by atoms with Gasteiger partial charge in [0.05, 0.1) is 26.4 Å². The van der Waals surface area contributed by atoms with E-state index in [4.69, 9.17) is 35.0 Å². The van der Waals surface area contributed by atoms with Gasteiger partial charge >= 0.3 is 0 Å². The summed E-state index contributed by atoms with van der Waals surface area (Å²) in [7, 11) is 4.52. The molecule has 0 unspecified atom stereocenters. The van der Waals surface area contributed by atoms with Crippen molar-refractivity contribution in [2.75, 3.05) is 26.6 Å². The maximum atomic E-state index is 12.9. The maximum absolute atomic E-state index is 12.9. The molecule has 1 N–H and O–H groups in total. The molecule has 0 bridgehead atoms. The van der Waals surface area contributed by atoms with Crippen LogP contribution < -0.4 is 24.3 Å². The standard InChI is InChI=1S/C26H28ClNO6/c1-26(2)10-6-7-15-11-18(27)20(14-17(15)26)34-23-9-8-19(33-23)25(29)28-24-21(31-4)12-16(30-3)13-22(24)32-5/h8-9,11-14H,6-7,10H2,1-5H3,(H,28,29). The fourth-order valence-electron chi connectivity index (χ4n) is 4.27. The first-order valence-electron chi connectivity index (χ1n) is 11.0. The van der Waals surface area contributed by atoms with Crippen molar-refractivity contribution < 1.29 is 28.2 Å². The summed E-state index contributed by atoms with van der Waals surface area (Å²) in [6.45, 7) is 4.44. The van der Waals surface area contributed by atoms with Crippen LogP contribution in [0.2, 0.25) is 5.02 Å². The molecule has 34 heavy (non-hydrogen) atoms. The Labute approximate surface area is 203 Å². The summed E-state index contributed by atoms with van der Waals surface area (Å²) < 4.78 is 27.6. The molecule has 8 heteroatoms. The summed E-state index contributed by atoms with van der Waals surface area (Å²) >= 11 is 6.49. The lowest BCUT2D eigenvalue weighted by molar-refractivity contribution is 0.0991. The molecule has 3 aromatic rings. The molecule has 1 aliphatic carbocycles. The molecular weight excluding hydrogens is 458 g/mol. The van der Waals surface area contributed by atoms with Crippen molar-refractivity contribution in [1.29, 1.82) is 0 Å². The number of hydrogen-bond donors (Lipinski definition) is 1. The van der Waals surface area contributed by atoms with Gasteiger partial charge in [-0.3, -0.25) is 4.79 Å². The van der Waals surface area contributed by atoms with Gasteiger partial charge in [0.2, 0.25) is 0 Å². The second kappa shape index (κ2) is 9.50. The average molecular weight is 486 g/mol. The second-order valence-electron chi connectivity index (χ2n) is 8.76. The van der Waals surface area contributed by atoms with E-state index in [1.54, 1.807) is 18.2 Å². The zero-order valence-corrected chi connectivity index (χ0v) is 20.7. The molecule has 2 aromatic carbocycles. The van der Waals surface area contributed by atoms with Crippen molar-refractivity contribution in [3.63, 3.8) is 0 Å². The SMILES string of the molecule is COc1cc(OC)c(NC(=O)c2ccc(Oc3cc4c(cc3Cl)CCCC4(C)C)o2)c(OC)c1. The van der Waals surface area contributed by atoms with Gasteiger partial charge in [0.25, 0.3) is 11.9 Å². The Balaban J connectivity index is 1.56. The van der Waals surface area contributed by atoms with Crippen LogP contribution in [-0.2, 0) is 11.8 Å². The highest BCUT2D eigenvalue weighted by atomic mass is 35.5. The molecule has 0 atom stereocenters. The first kappa shape index (κ1) is 23.8. The minimum Gasteiger partial charge on any atom is -0.496 e. The van der Waals surface area contributed by atoms with Crippen LogP contribution in [0.1, 0.15) is 48.4 Å². The van der Waals surface area contributed by atoms with Crippen LogP contribution in [0.5, 0.6) is 28.9 Å². The zero-order valence-electron chi connectivity index (χ0n) is 19.9. The summed E-state index contributed by atoms with van der Waals surface area (Å²) in [5, 5.41) is 3.28. The van der Waals surface area contributed by atoms with E-state index in [2.05, 4.69) is 19.2 Å². The Bertz CT molecular complexity index is 1190. The highest BCUT2D eigenvalue weighted by molar-refractivity contribution is 6.32. The number of aryl methyl sites for hydroxylation is 1. The molecule has 180 valence electrons. The van der Waals surface area contributed by atoms with Crippen molar-refractivity contribution in [2.24, 2.45) is 0 Å². The first-order chi connectivity index (χ1) is 16.2. The smallest absolute Gasteiger partial charge is 0.291 e. The minimum absolute atomic E-state index is 0.0426. The van der Waals surface area contributed by atoms with Crippen molar-refractivity contribution in [2.45, 2.75) is 38.5 Å². The third-order valence-corrected chi connectivity index (χ3v) is 6.40. The lowest BCUT2D eigenvalue weighted by atomic mass is 9.73. The Kier molecular flexibility index (Phi) is 6.66. The minimum atomic E-state index is -0.491. The van der Waals surface area contributed by atoms with Crippen LogP contribution in [0, 0.1) is 0 Å². The van der Waals surface area contributed by atoms with Crippen LogP contribution in [0.4, 0.5) is 5.69 Å². The van der Waals surface area contributed by atoms with Gasteiger partial charge in [-0.15, -0.1) is 0 Å². The summed E-state index contributed by atoms with van der Waals surface area (Å²) in [5.74, 6) is 1.53. The lowest BCUT2D eigenvalue weighted by Crippen LogP contribution is -2.23. The maximum Gasteiger partial charge on any atom is 0.291 e. The Morgan fingerprint density at radius 1 is 1.00 bits per heavy atom. The van der Waals surface area contributed by atoms with Gasteiger partial charge in [0, 0.05) is 18.2 Å². The van der Waals surface area contributed by atoms with E-state index in [9.17, 15) is 4.79 Å². The fourth-order valence-corrected chi connectivity index (χ4v) is 4.50. The number of furan rings is 1. The number of anilines is 1. The van der Waals surface area contributed by atoms with Crippen molar-refractivity contribution in [3.05, 3.63) is 58.3 Å². The van der Waals surface area contributed by atoms with E-state index in [1.165, 1.54) is 38.5 Å². The molecule has 7 nitrogen and oxygen atoms in total. The third-order valence-electron chi connectivity index (χ3n) is 6.10. The highest BCUT2D eigenvalue weighted by Crippen LogP contribution is 2.43. The number of ether oxygens (including phenoxy) is 4. The number of benzene rings is 2. The van der Waals surface area contributed by atoms with E-state index in [0.717, 1.165) is 19.3 Å². The average Bonchev–Trinajstić information content (AvgIpc) is 3.28. The van der Waals surface area contributed by atoms with Crippen LogP contribution in [0.25, 0.3) is 0 Å². The van der Waals surface area contributed by atoms with Crippen molar-refractivity contribution >= 4 is 23.2 Å². The van der Waals surface area contributed by atoms with Crippen LogP contribution in [-0.4, -0.2) is 27.2 Å². The third kappa shape index (κ3) is 4.66. The number of fused-ring (bicyclic) bond motifs is 1. The molecule has 1 amide bonds. The molecular formula is C26H28ClNO6. The van der Waals surface area contributed by atoms with Crippen LogP contribution >= 0.6 is 11.6 Å². The largest absolute Gasteiger partial charge is 0.496 e. The molecule has 1 aliphatic rings. The second-order valence-corrected chi connectivity index (χ2v) is 9.17. The number of nitrogens with one attached hydrogen (secondary N) is 1. The number of carbonyl (C=O) groups is 1. The van der Waals surface area contributed by atoms with Gasteiger partial charge in [-0.25, -0.2) is 0 Å². The van der Waals surface area contributed by atoms with E-state index in [-0.39, 0.29) is 17.1 Å². The summed E-state index contributed by atoms with van der Waals surface area (Å²) in [6.07, 6.45) is 3.24. The van der Waals surface area contributed by atoms with E-state index in [0.29, 0.717) is 33.7 Å². The molecule has 0 aliphatic heterocycles. The predicted molar refractivity (Wildman–Crippen MR) is 130 cm³/mol. The number of carbonyl (C=O) groups excluding carboxylic acids is 1. The van der Waals surface area contributed by atoms with Gasteiger partial charge in [-0.2, -0.15) is 0 Å². The number of methoxy groups -OCH3 is 3. The van der Waals surface area contributed by atoms with Gasteiger partial charge < -0.3 is 28.7 Å². The molecule has 0 saturated carbocycles. The summed E-state index contributed by atoms with van der Waals surface area (Å²) in [6, 6.07) is 10.3. The summed E-state index contributed by atoms with van der Waals surface area (Å²) in [5.41, 5.74) is 2.87. The molecule has 1 aromatic heterocycles. The van der Waals surface area contributed by atoms with Crippen molar-refractivity contribution in [3.8, 4) is 28.9 Å². The molecule has 0 spiro atoms. The van der Waals surface area contributed by atoms with Crippen LogP contribution in [0.15, 0.2) is 40.8 Å². The van der Waals surface area contributed by atoms with Crippen molar-refractivity contribution in [1.82, 2.24) is 0 Å². The van der Waals surface area contributed by atoms with E-state index in [1.807, 2.05) is 12.1 Å². The number of halogens is 1. The molecule has 0 radical (unpaired) electrons. The normalized spacial score (nSPS) is 14.2. The number of amides is 1. The highest BCUT2D eigenvalue weighted by Gasteiger charge is 2.29. The topological polar surface area (TPSA) is 79.2 Å². The van der Waals surface area contributed by atoms with Gasteiger partial charge in [0.15, 0.2) is 5.76 Å². The monoisotopic (exact) mass is 485 g/mol. The zero-order chi connectivity index (χ0) is 24.5. The number of rotatable bonds is 7. The number of hydrogen-bond acceptors (Lipinski definition) is 6. The van der Waals surface area contributed by atoms with Gasteiger partial charge in [-0.1, -0.05) is 25.4 Å². The molecule has 0 fully saturated rings. The molecule has 4 rings (SSSR count). The fraction of sp³-hybridized carbons (Fsp3) is 0.346. The Hall–Kier alpha value is -3.32. The van der Waals surface area contributed by atoms with Gasteiger partial charge in [-0.05, 0) is 54.0 Å². The Morgan fingerprint density at radius 2 is 1.71 bits per heavy atom. The lowest BCUT2D eigenvalue weighted by Gasteiger charge is -2.33. The van der Waals surface area contributed by atoms with Crippen LogP contribution in [0.3, 0.4) is 0 Å². The van der Waals surface area contributed by atoms with Gasteiger partial charge in [0.1, 0.15) is 28.7 Å². The summed E-state index contributed by atoms with van der Waals surface area (Å²) in [4.78, 5) is 12.9. The first-order valence-corrected chi connectivity index (χ1v) is 11.4. The Morgan fingerprint density at radius 3 is 2.35 bits per heavy atom. The van der Waals surface area contributed by atoms with E-state index >= 15 is 0 Å². The molecule has 0 saturated heterocycles. The predicted octanol–water partition coefficient (Wildman–Crippen LogP) is 6.62. The molecule has 1 heterocycles.